The van der Waals surface area contributed by atoms with Crippen molar-refractivity contribution in [3.63, 3.8) is 0 Å². The second kappa shape index (κ2) is 4.87. The Labute approximate surface area is 115 Å². The molecule has 1 aliphatic heterocycles. The molecule has 0 aliphatic carbocycles. The SMILES string of the molecule is CCN1c2cc(C)c(C=NO)cc2[C@H](C)CC1(C)C. The maximum absolute atomic E-state index is 8.75. The molecule has 0 spiro atoms. The number of rotatable bonds is 2. The summed E-state index contributed by atoms with van der Waals surface area (Å²) in [5, 5.41) is 11.9. The molecule has 3 heteroatoms. The van der Waals surface area contributed by atoms with Gasteiger partial charge in [-0.1, -0.05) is 12.1 Å². The normalized spacial score (nSPS) is 21.7. The van der Waals surface area contributed by atoms with E-state index < -0.39 is 0 Å². The summed E-state index contributed by atoms with van der Waals surface area (Å²) >= 11 is 0. The van der Waals surface area contributed by atoms with Crippen LogP contribution in [0.25, 0.3) is 0 Å². The van der Waals surface area contributed by atoms with Crippen LogP contribution in [0.5, 0.6) is 0 Å². The molecule has 0 amide bonds. The number of hydrogen-bond donors (Lipinski definition) is 1. The highest BCUT2D eigenvalue weighted by Gasteiger charge is 2.35. The Morgan fingerprint density at radius 2 is 2.16 bits per heavy atom. The summed E-state index contributed by atoms with van der Waals surface area (Å²) in [6.45, 7) is 12.2. The lowest BCUT2D eigenvalue weighted by molar-refractivity contribution is 0.322. The Kier molecular flexibility index (Phi) is 3.57. The van der Waals surface area contributed by atoms with Crippen molar-refractivity contribution >= 4 is 11.9 Å². The molecule has 104 valence electrons. The lowest BCUT2D eigenvalue weighted by Crippen LogP contribution is -2.48. The quantitative estimate of drug-likeness (QED) is 0.497. The van der Waals surface area contributed by atoms with E-state index in [-0.39, 0.29) is 5.54 Å². The van der Waals surface area contributed by atoms with E-state index >= 15 is 0 Å². The Balaban J connectivity index is 2.60. The molecule has 0 aromatic heterocycles. The van der Waals surface area contributed by atoms with Gasteiger partial charge in [0.1, 0.15) is 0 Å². The monoisotopic (exact) mass is 260 g/mol. The van der Waals surface area contributed by atoms with Crippen molar-refractivity contribution in [2.24, 2.45) is 5.16 Å². The summed E-state index contributed by atoms with van der Waals surface area (Å²) in [5.41, 5.74) is 5.05. The summed E-state index contributed by atoms with van der Waals surface area (Å²) < 4.78 is 0. The zero-order valence-corrected chi connectivity index (χ0v) is 12.6. The number of benzene rings is 1. The van der Waals surface area contributed by atoms with Crippen molar-refractivity contribution in [3.05, 3.63) is 28.8 Å². The van der Waals surface area contributed by atoms with Crippen LogP contribution in [0.2, 0.25) is 0 Å². The standard InChI is InChI=1S/C16H24N2O/c1-6-18-15-7-11(2)13(10-17-19)8-14(15)12(3)9-16(18,4)5/h7-8,10,12,19H,6,9H2,1-5H3/t12-/m1/s1. The summed E-state index contributed by atoms with van der Waals surface area (Å²) in [6.07, 6.45) is 2.67. The predicted octanol–water partition coefficient (Wildman–Crippen LogP) is 3.92. The number of nitrogens with zero attached hydrogens (tertiary/aromatic N) is 2. The van der Waals surface area contributed by atoms with Crippen LogP contribution in [0.1, 0.15) is 56.7 Å². The van der Waals surface area contributed by atoms with Crippen LogP contribution in [-0.2, 0) is 0 Å². The van der Waals surface area contributed by atoms with E-state index in [9.17, 15) is 0 Å². The van der Waals surface area contributed by atoms with Crippen LogP contribution in [0.3, 0.4) is 0 Å². The Morgan fingerprint density at radius 3 is 2.74 bits per heavy atom. The zero-order chi connectivity index (χ0) is 14.2. The highest BCUT2D eigenvalue weighted by atomic mass is 16.4. The molecule has 0 saturated carbocycles. The van der Waals surface area contributed by atoms with Gasteiger partial charge in [0.05, 0.1) is 6.21 Å². The smallest absolute Gasteiger partial charge is 0.0736 e. The number of aryl methyl sites for hydroxylation is 1. The van der Waals surface area contributed by atoms with Gasteiger partial charge in [0.15, 0.2) is 0 Å². The molecule has 1 aromatic rings. The molecule has 1 N–H and O–H groups in total. The molecule has 19 heavy (non-hydrogen) atoms. The predicted molar refractivity (Wildman–Crippen MR) is 80.7 cm³/mol. The number of oxime groups is 1. The van der Waals surface area contributed by atoms with Gasteiger partial charge in [0, 0.05) is 17.8 Å². The van der Waals surface area contributed by atoms with Gasteiger partial charge in [-0.05, 0) is 68.9 Å². The van der Waals surface area contributed by atoms with Gasteiger partial charge in [-0.2, -0.15) is 0 Å². The fourth-order valence-corrected chi connectivity index (χ4v) is 3.45. The fraction of sp³-hybridized carbons (Fsp3) is 0.562. The molecule has 3 nitrogen and oxygen atoms in total. The van der Waals surface area contributed by atoms with Gasteiger partial charge in [-0.15, -0.1) is 0 Å². The third-order valence-corrected chi connectivity index (χ3v) is 4.29. The van der Waals surface area contributed by atoms with E-state index in [2.05, 4.69) is 56.8 Å². The van der Waals surface area contributed by atoms with Crippen molar-refractivity contribution in [2.75, 3.05) is 11.4 Å². The van der Waals surface area contributed by atoms with Crippen molar-refractivity contribution in [1.29, 1.82) is 0 Å². The molecule has 0 radical (unpaired) electrons. The van der Waals surface area contributed by atoms with E-state index in [1.165, 1.54) is 17.5 Å². The minimum absolute atomic E-state index is 0.195. The molecule has 1 aromatic carbocycles. The second-order valence-corrected chi connectivity index (χ2v) is 6.17. The molecular formula is C16H24N2O. The van der Waals surface area contributed by atoms with Gasteiger partial charge in [0.2, 0.25) is 0 Å². The topological polar surface area (TPSA) is 35.8 Å². The lowest BCUT2D eigenvalue weighted by atomic mass is 9.79. The largest absolute Gasteiger partial charge is 0.411 e. The first-order valence-corrected chi connectivity index (χ1v) is 7.00. The van der Waals surface area contributed by atoms with Crippen LogP contribution < -0.4 is 4.90 Å². The fourth-order valence-electron chi connectivity index (χ4n) is 3.45. The minimum Gasteiger partial charge on any atom is -0.411 e. The summed E-state index contributed by atoms with van der Waals surface area (Å²) in [5.74, 6) is 0.527. The maximum atomic E-state index is 8.75. The third-order valence-electron chi connectivity index (χ3n) is 4.29. The van der Waals surface area contributed by atoms with Crippen LogP contribution in [0, 0.1) is 6.92 Å². The first-order chi connectivity index (χ1) is 8.90. The number of fused-ring (bicyclic) bond motifs is 1. The molecule has 1 atom stereocenters. The molecule has 0 saturated heterocycles. The minimum atomic E-state index is 0.195. The van der Waals surface area contributed by atoms with E-state index in [1.54, 1.807) is 0 Å². The zero-order valence-electron chi connectivity index (χ0n) is 12.6. The van der Waals surface area contributed by atoms with Crippen LogP contribution in [0.4, 0.5) is 5.69 Å². The average molecular weight is 260 g/mol. The van der Waals surface area contributed by atoms with Gasteiger partial charge in [0.25, 0.3) is 0 Å². The molecule has 0 bridgehead atoms. The van der Waals surface area contributed by atoms with E-state index in [1.807, 2.05) is 0 Å². The van der Waals surface area contributed by atoms with Gasteiger partial charge >= 0.3 is 0 Å². The van der Waals surface area contributed by atoms with Crippen molar-refractivity contribution in [3.8, 4) is 0 Å². The first-order valence-electron chi connectivity index (χ1n) is 7.00. The maximum Gasteiger partial charge on any atom is 0.0736 e. The molecule has 2 rings (SSSR count). The van der Waals surface area contributed by atoms with Crippen molar-refractivity contribution in [2.45, 2.75) is 52.5 Å². The third kappa shape index (κ3) is 2.34. The van der Waals surface area contributed by atoms with Crippen molar-refractivity contribution in [1.82, 2.24) is 0 Å². The Bertz CT molecular complexity index is 506. The molecular weight excluding hydrogens is 236 g/mol. The molecule has 0 unspecified atom stereocenters. The van der Waals surface area contributed by atoms with Crippen LogP contribution in [-0.4, -0.2) is 23.5 Å². The van der Waals surface area contributed by atoms with E-state index in [0.717, 1.165) is 24.1 Å². The highest BCUT2D eigenvalue weighted by molar-refractivity contribution is 5.83. The van der Waals surface area contributed by atoms with Gasteiger partial charge in [-0.25, -0.2) is 0 Å². The molecule has 1 heterocycles. The summed E-state index contributed by atoms with van der Waals surface area (Å²) in [4.78, 5) is 2.48. The van der Waals surface area contributed by atoms with Gasteiger partial charge < -0.3 is 10.1 Å². The Morgan fingerprint density at radius 1 is 1.47 bits per heavy atom. The summed E-state index contributed by atoms with van der Waals surface area (Å²) in [6, 6.07) is 4.40. The highest BCUT2D eigenvalue weighted by Crippen LogP contribution is 2.43. The lowest BCUT2D eigenvalue weighted by Gasteiger charge is -2.47. The number of anilines is 1. The number of hydrogen-bond acceptors (Lipinski definition) is 3. The molecule has 1 aliphatic rings. The van der Waals surface area contributed by atoms with Crippen molar-refractivity contribution < 1.29 is 5.21 Å². The molecule has 0 fully saturated rings. The summed E-state index contributed by atoms with van der Waals surface area (Å²) in [7, 11) is 0. The van der Waals surface area contributed by atoms with Gasteiger partial charge in [-0.3, -0.25) is 0 Å². The average Bonchev–Trinajstić information content (AvgIpc) is 2.31. The van der Waals surface area contributed by atoms with E-state index in [4.69, 9.17) is 5.21 Å². The van der Waals surface area contributed by atoms with E-state index in [0.29, 0.717) is 5.92 Å². The first kappa shape index (κ1) is 13.9. The van der Waals surface area contributed by atoms with Crippen LogP contribution >= 0.6 is 0 Å². The van der Waals surface area contributed by atoms with Crippen LogP contribution in [0.15, 0.2) is 17.3 Å². The second-order valence-electron chi connectivity index (χ2n) is 6.17. The Hall–Kier alpha value is -1.51.